The molecule has 0 amide bonds. The van der Waals surface area contributed by atoms with Gasteiger partial charge in [-0.15, -0.1) is 0 Å². The Morgan fingerprint density at radius 1 is 1.33 bits per heavy atom. The summed E-state index contributed by atoms with van der Waals surface area (Å²) >= 11 is 1.91. The molecule has 1 fully saturated rings. The molecule has 1 aromatic carbocycles. The molecule has 0 radical (unpaired) electrons. The number of hydrogen-bond donors (Lipinski definition) is 3. The molecule has 7 nitrogen and oxygen atoms in total. The second-order valence-electron chi connectivity index (χ2n) is 7.49. The maximum Gasteiger partial charge on any atom is 0.288 e. The Bertz CT molecular complexity index is 1130. The molecule has 1 aromatic heterocycles. The van der Waals surface area contributed by atoms with Crippen LogP contribution in [0.15, 0.2) is 29.2 Å². The molecule has 1 saturated carbocycles. The average molecular weight is 554 g/mol. The molecule has 2 aromatic rings. The summed E-state index contributed by atoms with van der Waals surface area (Å²) in [4.78, 5) is 12.1. The Kier molecular flexibility index (Phi) is 6.56. The van der Waals surface area contributed by atoms with E-state index >= 15 is 0 Å². The normalized spacial score (nSPS) is 16.3. The minimum atomic E-state index is -3.87. The van der Waals surface area contributed by atoms with Gasteiger partial charge in [-0.05, 0) is 60.1 Å². The number of nitrogens with zero attached hydrogens (tertiary/aromatic N) is 1. The summed E-state index contributed by atoms with van der Waals surface area (Å²) in [6, 6.07) is 4.16. The summed E-state index contributed by atoms with van der Waals surface area (Å²) in [6.07, 6.45) is 0.519. The molecule has 3 rings (SSSR count). The van der Waals surface area contributed by atoms with E-state index in [2.05, 4.69) is 5.32 Å². The van der Waals surface area contributed by atoms with Crippen molar-refractivity contribution in [3.05, 3.63) is 55.5 Å². The first-order valence-corrected chi connectivity index (χ1v) is 11.8. The van der Waals surface area contributed by atoms with Crippen LogP contribution in [-0.2, 0) is 22.6 Å². The van der Waals surface area contributed by atoms with Gasteiger partial charge in [-0.2, -0.15) is 4.39 Å². The van der Waals surface area contributed by atoms with E-state index in [-0.39, 0.29) is 17.7 Å². The number of anilines is 2. The molecule has 3 N–H and O–H groups in total. The fourth-order valence-electron chi connectivity index (χ4n) is 3.36. The Balaban J connectivity index is 2.01. The van der Waals surface area contributed by atoms with E-state index in [0.29, 0.717) is 16.4 Å². The van der Waals surface area contributed by atoms with Crippen molar-refractivity contribution in [1.82, 2.24) is 4.57 Å². The van der Waals surface area contributed by atoms with Crippen molar-refractivity contribution in [2.45, 2.75) is 35.9 Å². The third-order valence-corrected chi connectivity index (χ3v) is 8.48. The van der Waals surface area contributed by atoms with Gasteiger partial charge in [-0.3, -0.25) is 4.79 Å². The Labute approximate surface area is 185 Å². The van der Waals surface area contributed by atoms with Gasteiger partial charge < -0.3 is 20.1 Å². The van der Waals surface area contributed by atoms with Crippen LogP contribution >= 0.6 is 22.6 Å². The van der Waals surface area contributed by atoms with E-state index in [1.54, 1.807) is 6.07 Å². The van der Waals surface area contributed by atoms with Crippen molar-refractivity contribution < 1.29 is 27.4 Å². The van der Waals surface area contributed by atoms with Crippen molar-refractivity contribution >= 4 is 43.8 Å². The standard InChI is InChI=1S/C19H21F2IN2O5S/c1-24-8-11(10-30(28,29)19(4-5-19)7-13(26)9-25)17(16(21)18(24)27)23-15-3-2-12(22)6-14(15)20/h2-3,6,8,13,23,25-26H,4-5,7,9-10H2,1H3. The highest BCUT2D eigenvalue weighted by atomic mass is 127. The maximum absolute atomic E-state index is 14.8. The quantitative estimate of drug-likeness (QED) is 0.432. The highest BCUT2D eigenvalue weighted by Gasteiger charge is 2.54. The number of halogens is 3. The van der Waals surface area contributed by atoms with Crippen LogP contribution in [-0.4, -0.2) is 40.7 Å². The number of aliphatic hydroxyl groups excluding tert-OH is 2. The number of pyridine rings is 1. The predicted molar refractivity (Wildman–Crippen MR) is 116 cm³/mol. The van der Waals surface area contributed by atoms with E-state index < -0.39 is 55.9 Å². The number of aliphatic hydroxyl groups is 2. The molecular formula is C19H21F2IN2O5S. The predicted octanol–water partition coefficient (Wildman–Crippen LogP) is 2.20. The van der Waals surface area contributed by atoms with Crippen LogP contribution in [0, 0.1) is 15.2 Å². The fraction of sp³-hybridized carbons (Fsp3) is 0.421. The largest absolute Gasteiger partial charge is 0.394 e. The first-order chi connectivity index (χ1) is 14.0. The number of aromatic nitrogens is 1. The van der Waals surface area contributed by atoms with Crippen LogP contribution in [0.5, 0.6) is 0 Å². The Hall–Kier alpha value is -1.57. The zero-order valence-electron chi connectivity index (χ0n) is 16.0. The van der Waals surface area contributed by atoms with Crippen LogP contribution in [0.3, 0.4) is 0 Å². The number of rotatable bonds is 8. The third kappa shape index (κ3) is 4.53. The first kappa shape index (κ1) is 23.1. The number of sulfone groups is 1. The zero-order valence-corrected chi connectivity index (χ0v) is 19.0. The molecule has 1 aliphatic rings. The SMILES string of the molecule is Cn1cc(CS(=O)(=O)C2(CC(O)CO)CC2)c(Nc2ccc(I)cc2F)c(F)c1=O. The van der Waals surface area contributed by atoms with E-state index in [1.807, 2.05) is 22.6 Å². The van der Waals surface area contributed by atoms with Gasteiger partial charge in [0.25, 0.3) is 5.56 Å². The van der Waals surface area contributed by atoms with Gasteiger partial charge >= 0.3 is 0 Å². The summed E-state index contributed by atoms with van der Waals surface area (Å²) in [5.74, 6) is -2.51. The topological polar surface area (TPSA) is 109 Å². The number of aryl methyl sites for hydroxylation is 1. The number of hydrogen-bond acceptors (Lipinski definition) is 6. The van der Waals surface area contributed by atoms with Gasteiger partial charge in [0.15, 0.2) is 9.84 Å². The summed E-state index contributed by atoms with van der Waals surface area (Å²) in [6.45, 7) is -0.565. The third-order valence-electron chi connectivity index (χ3n) is 5.22. The first-order valence-electron chi connectivity index (χ1n) is 9.11. The lowest BCUT2D eigenvalue weighted by atomic mass is 10.2. The van der Waals surface area contributed by atoms with Crippen LogP contribution in [0.1, 0.15) is 24.8 Å². The molecule has 0 saturated heterocycles. The summed E-state index contributed by atoms with van der Waals surface area (Å²) in [7, 11) is -2.58. The van der Waals surface area contributed by atoms with E-state index in [0.717, 1.165) is 4.57 Å². The van der Waals surface area contributed by atoms with E-state index in [1.165, 1.54) is 25.4 Å². The van der Waals surface area contributed by atoms with Crippen LogP contribution in [0.4, 0.5) is 20.2 Å². The Morgan fingerprint density at radius 2 is 2.00 bits per heavy atom. The minimum absolute atomic E-state index is 0.0303. The second kappa shape index (κ2) is 8.52. The molecule has 1 atom stereocenters. The van der Waals surface area contributed by atoms with Gasteiger partial charge in [0, 0.05) is 22.4 Å². The van der Waals surface area contributed by atoms with E-state index in [4.69, 9.17) is 5.11 Å². The van der Waals surface area contributed by atoms with Gasteiger partial charge in [0.05, 0.1) is 34.6 Å². The summed E-state index contributed by atoms with van der Waals surface area (Å²) in [5, 5.41) is 21.3. The Morgan fingerprint density at radius 3 is 2.57 bits per heavy atom. The molecule has 11 heteroatoms. The van der Waals surface area contributed by atoms with E-state index in [9.17, 15) is 27.1 Å². The lowest BCUT2D eigenvalue weighted by molar-refractivity contribution is 0.0857. The highest BCUT2D eigenvalue weighted by Crippen LogP contribution is 2.49. The van der Waals surface area contributed by atoms with Crippen molar-refractivity contribution in [3.8, 4) is 0 Å². The maximum atomic E-state index is 14.8. The minimum Gasteiger partial charge on any atom is -0.394 e. The second-order valence-corrected chi connectivity index (χ2v) is 11.1. The van der Waals surface area contributed by atoms with Gasteiger partial charge in [0.1, 0.15) is 5.82 Å². The zero-order chi connectivity index (χ0) is 22.3. The van der Waals surface area contributed by atoms with Crippen LogP contribution in [0.2, 0.25) is 0 Å². The average Bonchev–Trinajstić information content (AvgIpc) is 3.45. The van der Waals surface area contributed by atoms with Gasteiger partial charge in [-0.1, -0.05) is 0 Å². The lowest BCUT2D eigenvalue weighted by Gasteiger charge is -2.21. The van der Waals surface area contributed by atoms with Crippen molar-refractivity contribution in [1.29, 1.82) is 0 Å². The molecule has 0 spiro atoms. The summed E-state index contributed by atoms with van der Waals surface area (Å²) in [5.41, 5.74) is -1.52. The van der Waals surface area contributed by atoms with Crippen molar-refractivity contribution in [2.24, 2.45) is 7.05 Å². The fourth-order valence-corrected chi connectivity index (χ4v) is 5.92. The van der Waals surface area contributed by atoms with Crippen molar-refractivity contribution in [3.63, 3.8) is 0 Å². The molecule has 1 heterocycles. The molecule has 1 unspecified atom stereocenters. The smallest absolute Gasteiger partial charge is 0.288 e. The molecule has 164 valence electrons. The molecule has 0 aliphatic heterocycles. The summed E-state index contributed by atoms with van der Waals surface area (Å²) < 4.78 is 55.5. The van der Waals surface area contributed by atoms with Gasteiger partial charge in [0.2, 0.25) is 5.82 Å². The molecular weight excluding hydrogens is 533 g/mol. The van der Waals surface area contributed by atoms with Gasteiger partial charge in [-0.25, -0.2) is 12.8 Å². The van der Waals surface area contributed by atoms with Crippen molar-refractivity contribution in [2.75, 3.05) is 11.9 Å². The molecule has 0 bridgehead atoms. The molecule has 1 aliphatic carbocycles. The highest BCUT2D eigenvalue weighted by molar-refractivity contribution is 14.1. The lowest BCUT2D eigenvalue weighted by Crippen LogP contribution is -2.32. The van der Waals surface area contributed by atoms with Crippen LogP contribution < -0.4 is 10.9 Å². The number of nitrogens with one attached hydrogen (secondary N) is 1. The monoisotopic (exact) mass is 554 g/mol. The molecule has 30 heavy (non-hydrogen) atoms. The van der Waals surface area contributed by atoms with Crippen LogP contribution in [0.25, 0.3) is 0 Å². The number of benzene rings is 1.